The summed E-state index contributed by atoms with van der Waals surface area (Å²) in [4.78, 5) is 7.02. The third-order valence-corrected chi connectivity index (χ3v) is 5.30. The molecular formula is C21H34N4O. The van der Waals surface area contributed by atoms with Crippen molar-refractivity contribution in [1.82, 2.24) is 15.5 Å². The Kier molecular flexibility index (Phi) is 6.07. The van der Waals surface area contributed by atoms with E-state index in [0.29, 0.717) is 5.92 Å². The van der Waals surface area contributed by atoms with E-state index in [1.807, 2.05) is 13.1 Å². The lowest BCUT2D eigenvalue weighted by Crippen LogP contribution is -2.46. The number of guanidine groups is 1. The van der Waals surface area contributed by atoms with E-state index in [9.17, 15) is 0 Å². The largest absolute Gasteiger partial charge is 0.487 e. The number of aliphatic imine (C=N–C) groups is 1. The predicted octanol–water partition coefficient (Wildman–Crippen LogP) is 3.19. The molecule has 5 nitrogen and oxygen atoms in total. The van der Waals surface area contributed by atoms with E-state index in [-0.39, 0.29) is 11.6 Å². The number of ether oxygens (including phenoxy) is 1. The average molecular weight is 359 g/mol. The van der Waals surface area contributed by atoms with Crippen molar-refractivity contribution >= 4 is 5.96 Å². The Labute approximate surface area is 158 Å². The third-order valence-electron chi connectivity index (χ3n) is 5.30. The number of rotatable bonds is 5. The van der Waals surface area contributed by atoms with Gasteiger partial charge in [0.15, 0.2) is 5.96 Å². The van der Waals surface area contributed by atoms with Gasteiger partial charge in [-0.25, -0.2) is 0 Å². The van der Waals surface area contributed by atoms with Gasteiger partial charge in [0.2, 0.25) is 0 Å². The number of hydrogen-bond acceptors (Lipinski definition) is 3. The lowest BCUT2D eigenvalue weighted by Gasteiger charge is -2.38. The molecule has 0 aliphatic carbocycles. The number of nitrogens with zero attached hydrogens (tertiary/aromatic N) is 2. The summed E-state index contributed by atoms with van der Waals surface area (Å²) in [6.45, 7) is 11.2. The Morgan fingerprint density at radius 3 is 2.77 bits per heavy atom. The third kappa shape index (κ3) is 4.91. The van der Waals surface area contributed by atoms with Gasteiger partial charge in [-0.2, -0.15) is 0 Å². The molecule has 2 aliphatic rings. The van der Waals surface area contributed by atoms with Crippen molar-refractivity contribution in [2.45, 2.75) is 51.7 Å². The van der Waals surface area contributed by atoms with Crippen LogP contribution in [0.4, 0.5) is 0 Å². The van der Waals surface area contributed by atoms with Crippen molar-refractivity contribution in [3.05, 3.63) is 29.8 Å². The van der Waals surface area contributed by atoms with Gasteiger partial charge in [-0.1, -0.05) is 25.1 Å². The van der Waals surface area contributed by atoms with Gasteiger partial charge in [0.05, 0.1) is 6.04 Å². The van der Waals surface area contributed by atoms with Gasteiger partial charge < -0.3 is 20.3 Å². The van der Waals surface area contributed by atoms with E-state index in [0.717, 1.165) is 31.2 Å². The number of hydrogen-bond donors (Lipinski definition) is 2. The Bertz CT molecular complexity index is 622. The van der Waals surface area contributed by atoms with Crippen molar-refractivity contribution in [3.8, 4) is 5.75 Å². The van der Waals surface area contributed by atoms with E-state index < -0.39 is 0 Å². The summed E-state index contributed by atoms with van der Waals surface area (Å²) in [7, 11) is 1.84. The zero-order chi connectivity index (χ0) is 18.6. The van der Waals surface area contributed by atoms with Gasteiger partial charge >= 0.3 is 0 Å². The minimum absolute atomic E-state index is 0.187. The van der Waals surface area contributed by atoms with Crippen LogP contribution in [0.25, 0.3) is 0 Å². The normalized spacial score (nSPS) is 23.8. The zero-order valence-electron chi connectivity index (χ0n) is 16.7. The fraction of sp³-hybridized carbons (Fsp3) is 0.667. The van der Waals surface area contributed by atoms with E-state index in [4.69, 9.17) is 4.74 Å². The fourth-order valence-corrected chi connectivity index (χ4v) is 4.03. The second-order valence-electron chi connectivity index (χ2n) is 8.37. The first-order valence-electron chi connectivity index (χ1n) is 9.94. The van der Waals surface area contributed by atoms with Crippen LogP contribution in [0.5, 0.6) is 5.75 Å². The van der Waals surface area contributed by atoms with Crippen LogP contribution in [-0.2, 0) is 0 Å². The number of benzene rings is 1. The summed E-state index contributed by atoms with van der Waals surface area (Å²) >= 11 is 0. The summed E-state index contributed by atoms with van der Waals surface area (Å²) in [6, 6.07) is 8.51. The van der Waals surface area contributed by atoms with Crippen molar-refractivity contribution in [2.75, 3.05) is 33.2 Å². The first-order chi connectivity index (χ1) is 12.5. The zero-order valence-corrected chi connectivity index (χ0v) is 16.7. The monoisotopic (exact) mass is 358 g/mol. The van der Waals surface area contributed by atoms with Gasteiger partial charge in [-0.05, 0) is 51.8 Å². The molecule has 2 heterocycles. The molecule has 3 rings (SSSR count). The van der Waals surface area contributed by atoms with Crippen LogP contribution in [0.1, 0.15) is 51.6 Å². The van der Waals surface area contributed by atoms with Gasteiger partial charge in [0, 0.05) is 32.1 Å². The highest BCUT2D eigenvalue weighted by Gasteiger charge is 2.34. The van der Waals surface area contributed by atoms with Crippen molar-refractivity contribution in [3.63, 3.8) is 0 Å². The Morgan fingerprint density at radius 2 is 2.04 bits per heavy atom. The first-order valence-corrected chi connectivity index (χ1v) is 9.94. The van der Waals surface area contributed by atoms with E-state index in [2.05, 4.69) is 59.5 Å². The second kappa shape index (κ2) is 8.30. The fourth-order valence-electron chi connectivity index (χ4n) is 4.03. The van der Waals surface area contributed by atoms with Crippen LogP contribution in [0, 0.1) is 5.92 Å². The molecule has 0 saturated carbocycles. The molecule has 2 N–H and O–H groups in total. The van der Waals surface area contributed by atoms with Crippen molar-refractivity contribution in [1.29, 1.82) is 0 Å². The molecule has 2 unspecified atom stereocenters. The molecule has 2 aliphatic heterocycles. The Hall–Kier alpha value is -1.75. The molecule has 5 heteroatoms. The SMILES string of the molecule is CN=C(NCC(C)CN1CCCC1)NC1CC(C)(C)Oc2ccccc21. The van der Waals surface area contributed by atoms with Crippen LogP contribution in [0.15, 0.2) is 29.3 Å². The molecule has 2 atom stereocenters. The number of nitrogens with one attached hydrogen (secondary N) is 2. The maximum atomic E-state index is 6.13. The number of fused-ring (bicyclic) bond motifs is 1. The van der Waals surface area contributed by atoms with Crippen LogP contribution >= 0.6 is 0 Å². The standard InChI is InChI=1S/C21H34N4O/c1-16(15-25-11-7-8-12-25)14-23-20(22-4)24-18-13-21(2,3)26-19-10-6-5-9-17(18)19/h5-6,9-10,16,18H,7-8,11-15H2,1-4H3,(H2,22,23,24). The van der Waals surface area contributed by atoms with Gasteiger partial charge in [0.1, 0.15) is 11.4 Å². The highest BCUT2D eigenvalue weighted by Crippen LogP contribution is 2.39. The lowest BCUT2D eigenvalue weighted by molar-refractivity contribution is 0.0694. The molecule has 1 aromatic carbocycles. The minimum atomic E-state index is -0.187. The second-order valence-corrected chi connectivity index (χ2v) is 8.37. The van der Waals surface area contributed by atoms with Crippen LogP contribution in [0.2, 0.25) is 0 Å². The topological polar surface area (TPSA) is 48.9 Å². The predicted molar refractivity (Wildman–Crippen MR) is 108 cm³/mol. The molecule has 0 aromatic heterocycles. The molecule has 144 valence electrons. The van der Waals surface area contributed by atoms with E-state index >= 15 is 0 Å². The smallest absolute Gasteiger partial charge is 0.191 e. The molecular weight excluding hydrogens is 324 g/mol. The minimum Gasteiger partial charge on any atom is -0.487 e. The molecule has 0 spiro atoms. The lowest BCUT2D eigenvalue weighted by atomic mass is 9.90. The number of para-hydroxylation sites is 1. The molecule has 0 radical (unpaired) electrons. The molecule has 1 fully saturated rings. The molecule has 26 heavy (non-hydrogen) atoms. The van der Waals surface area contributed by atoms with Crippen LogP contribution in [0.3, 0.4) is 0 Å². The summed E-state index contributed by atoms with van der Waals surface area (Å²) < 4.78 is 6.13. The summed E-state index contributed by atoms with van der Waals surface area (Å²) in [5.74, 6) is 2.44. The maximum Gasteiger partial charge on any atom is 0.191 e. The van der Waals surface area contributed by atoms with Crippen molar-refractivity contribution in [2.24, 2.45) is 10.9 Å². The van der Waals surface area contributed by atoms with Gasteiger partial charge in [0.25, 0.3) is 0 Å². The summed E-state index contributed by atoms with van der Waals surface area (Å²) in [5, 5.41) is 7.13. The van der Waals surface area contributed by atoms with E-state index in [1.54, 1.807) is 0 Å². The Balaban J connectivity index is 1.57. The van der Waals surface area contributed by atoms with E-state index in [1.165, 1.54) is 31.5 Å². The first kappa shape index (κ1) is 19.0. The average Bonchev–Trinajstić information content (AvgIpc) is 3.10. The maximum absolute atomic E-state index is 6.13. The highest BCUT2D eigenvalue weighted by molar-refractivity contribution is 5.80. The summed E-state index contributed by atoms with van der Waals surface area (Å²) in [6.07, 6.45) is 3.61. The molecule has 1 saturated heterocycles. The van der Waals surface area contributed by atoms with Crippen LogP contribution in [-0.4, -0.2) is 49.7 Å². The number of likely N-dealkylation sites (tertiary alicyclic amines) is 1. The summed E-state index contributed by atoms with van der Waals surface area (Å²) in [5.41, 5.74) is 1.02. The molecule has 0 bridgehead atoms. The van der Waals surface area contributed by atoms with Gasteiger partial charge in [-0.3, -0.25) is 4.99 Å². The molecule has 0 amide bonds. The quantitative estimate of drug-likeness (QED) is 0.627. The Morgan fingerprint density at radius 1 is 1.31 bits per heavy atom. The van der Waals surface area contributed by atoms with Crippen LogP contribution < -0.4 is 15.4 Å². The van der Waals surface area contributed by atoms with Crippen molar-refractivity contribution < 1.29 is 4.74 Å². The highest BCUT2D eigenvalue weighted by atomic mass is 16.5. The molecule has 1 aromatic rings. The van der Waals surface area contributed by atoms with Gasteiger partial charge in [-0.15, -0.1) is 0 Å².